The number of halogens is 1. The highest BCUT2D eigenvalue weighted by Crippen LogP contribution is 2.28. The first kappa shape index (κ1) is 12.6. The molecule has 0 aliphatic rings. The van der Waals surface area contributed by atoms with Crippen molar-refractivity contribution in [2.45, 2.75) is 20.3 Å². The van der Waals surface area contributed by atoms with Gasteiger partial charge in [0.15, 0.2) is 0 Å². The van der Waals surface area contributed by atoms with Crippen LogP contribution in [0.25, 0.3) is 11.3 Å². The number of benzene rings is 1. The van der Waals surface area contributed by atoms with Crippen molar-refractivity contribution in [1.82, 2.24) is 10.2 Å². The average Bonchev–Trinajstić information content (AvgIpc) is 2.72. The molecule has 0 saturated heterocycles. The maximum atomic E-state index is 11.2. The first-order chi connectivity index (χ1) is 8.61. The minimum atomic E-state index is -0.299. The maximum Gasteiger partial charge on any atom is 0.312 e. The van der Waals surface area contributed by atoms with Gasteiger partial charge < -0.3 is 4.74 Å². The van der Waals surface area contributed by atoms with Crippen LogP contribution in [0.4, 0.5) is 0 Å². The maximum absolute atomic E-state index is 11.2. The summed E-state index contributed by atoms with van der Waals surface area (Å²) in [7, 11) is 0. The fraction of sp³-hybridized carbons (Fsp3) is 0.231. The Morgan fingerprint density at radius 1 is 1.39 bits per heavy atom. The predicted molar refractivity (Wildman–Crippen MR) is 69.7 cm³/mol. The number of rotatable bonds is 3. The molecule has 18 heavy (non-hydrogen) atoms. The summed E-state index contributed by atoms with van der Waals surface area (Å²) >= 11 is 5.84. The second-order valence-electron chi connectivity index (χ2n) is 3.86. The lowest BCUT2D eigenvalue weighted by Crippen LogP contribution is -2.06. The molecule has 0 bridgehead atoms. The molecule has 1 N–H and O–H groups in total. The molecule has 1 aromatic carbocycles. The molecule has 0 unspecified atom stereocenters. The van der Waals surface area contributed by atoms with Gasteiger partial charge in [-0.15, -0.1) is 5.10 Å². The number of carbonyl (C=O) groups is 1. The normalized spacial score (nSPS) is 10.4. The minimum Gasteiger partial charge on any atom is -0.406 e. The SMILES string of the molecule is CCC(=O)Oc1n[nH]c(-c2ccc(Cl)cc2)c1C. The quantitative estimate of drug-likeness (QED) is 0.865. The molecule has 0 saturated carbocycles. The Labute approximate surface area is 110 Å². The van der Waals surface area contributed by atoms with E-state index in [1.165, 1.54) is 0 Å². The number of aromatic nitrogens is 2. The molecule has 0 aliphatic carbocycles. The van der Waals surface area contributed by atoms with E-state index < -0.39 is 0 Å². The molecule has 4 nitrogen and oxygen atoms in total. The Morgan fingerprint density at radius 2 is 2.06 bits per heavy atom. The summed E-state index contributed by atoms with van der Waals surface area (Å²) in [5.74, 6) is 0.0269. The van der Waals surface area contributed by atoms with Crippen molar-refractivity contribution in [2.75, 3.05) is 0 Å². The fourth-order valence-corrected chi connectivity index (χ4v) is 1.68. The molecular formula is C13H13ClN2O2. The molecule has 0 fully saturated rings. The zero-order chi connectivity index (χ0) is 13.1. The molecular weight excluding hydrogens is 252 g/mol. The van der Waals surface area contributed by atoms with Gasteiger partial charge in [-0.2, -0.15) is 0 Å². The molecule has 2 rings (SSSR count). The second-order valence-corrected chi connectivity index (χ2v) is 4.30. The molecule has 0 amide bonds. The summed E-state index contributed by atoms with van der Waals surface area (Å²) in [5, 5.41) is 7.54. The zero-order valence-corrected chi connectivity index (χ0v) is 10.9. The topological polar surface area (TPSA) is 55.0 Å². The smallest absolute Gasteiger partial charge is 0.312 e. The third kappa shape index (κ3) is 2.54. The van der Waals surface area contributed by atoms with Gasteiger partial charge in [0.2, 0.25) is 5.88 Å². The summed E-state index contributed by atoms with van der Waals surface area (Å²) in [6.07, 6.45) is 0.322. The lowest BCUT2D eigenvalue weighted by atomic mass is 10.1. The monoisotopic (exact) mass is 264 g/mol. The van der Waals surface area contributed by atoms with Crippen molar-refractivity contribution in [3.63, 3.8) is 0 Å². The van der Waals surface area contributed by atoms with E-state index in [9.17, 15) is 4.79 Å². The Kier molecular flexibility index (Phi) is 3.67. The number of hydrogen-bond donors (Lipinski definition) is 1. The van der Waals surface area contributed by atoms with Gasteiger partial charge in [-0.05, 0) is 19.1 Å². The van der Waals surface area contributed by atoms with Gasteiger partial charge in [0.25, 0.3) is 0 Å². The highest BCUT2D eigenvalue weighted by atomic mass is 35.5. The van der Waals surface area contributed by atoms with Crippen LogP contribution in [-0.4, -0.2) is 16.2 Å². The summed E-state index contributed by atoms with van der Waals surface area (Å²) in [5.41, 5.74) is 2.58. The van der Waals surface area contributed by atoms with E-state index in [-0.39, 0.29) is 5.97 Å². The summed E-state index contributed by atoms with van der Waals surface area (Å²) < 4.78 is 5.11. The third-order valence-electron chi connectivity index (χ3n) is 2.60. The van der Waals surface area contributed by atoms with Gasteiger partial charge in [-0.3, -0.25) is 9.89 Å². The molecule has 2 aromatic rings. The molecule has 0 spiro atoms. The number of aromatic amines is 1. The first-order valence-electron chi connectivity index (χ1n) is 5.63. The zero-order valence-electron chi connectivity index (χ0n) is 10.2. The number of H-pyrrole nitrogens is 1. The molecule has 94 valence electrons. The van der Waals surface area contributed by atoms with Gasteiger partial charge in [0, 0.05) is 22.6 Å². The van der Waals surface area contributed by atoms with Crippen LogP contribution in [0.15, 0.2) is 24.3 Å². The highest BCUT2D eigenvalue weighted by molar-refractivity contribution is 6.30. The van der Waals surface area contributed by atoms with Crippen molar-refractivity contribution in [2.24, 2.45) is 0 Å². The van der Waals surface area contributed by atoms with Gasteiger partial charge >= 0.3 is 5.97 Å². The van der Waals surface area contributed by atoms with Crippen LogP contribution in [0.5, 0.6) is 5.88 Å². The number of nitrogens with one attached hydrogen (secondary N) is 1. The molecule has 0 radical (unpaired) electrons. The van der Waals surface area contributed by atoms with E-state index in [1.54, 1.807) is 19.1 Å². The molecule has 1 heterocycles. The summed E-state index contributed by atoms with van der Waals surface area (Å²) in [6, 6.07) is 7.37. The molecule has 1 aromatic heterocycles. The van der Waals surface area contributed by atoms with Gasteiger partial charge in [-0.25, -0.2) is 0 Å². The van der Waals surface area contributed by atoms with Crippen LogP contribution in [0, 0.1) is 6.92 Å². The largest absolute Gasteiger partial charge is 0.406 e. The van der Waals surface area contributed by atoms with Crippen molar-refractivity contribution >= 4 is 17.6 Å². The minimum absolute atomic E-state index is 0.299. The van der Waals surface area contributed by atoms with Crippen molar-refractivity contribution in [3.8, 4) is 17.1 Å². The molecule has 5 heteroatoms. The number of esters is 1. The predicted octanol–water partition coefficient (Wildman–Crippen LogP) is 3.35. The molecule has 0 aliphatic heterocycles. The van der Waals surface area contributed by atoms with Crippen LogP contribution < -0.4 is 4.74 Å². The summed E-state index contributed by atoms with van der Waals surface area (Å²) in [6.45, 7) is 3.59. The third-order valence-corrected chi connectivity index (χ3v) is 2.85. The van der Waals surface area contributed by atoms with Crippen LogP contribution >= 0.6 is 11.6 Å². The van der Waals surface area contributed by atoms with E-state index in [2.05, 4.69) is 10.2 Å². The van der Waals surface area contributed by atoms with Crippen molar-refractivity contribution < 1.29 is 9.53 Å². The van der Waals surface area contributed by atoms with Crippen LogP contribution in [0.1, 0.15) is 18.9 Å². The van der Waals surface area contributed by atoms with Gasteiger partial charge in [0.1, 0.15) is 0 Å². The highest BCUT2D eigenvalue weighted by Gasteiger charge is 2.14. The van der Waals surface area contributed by atoms with E-state index >= 15 is 0 Å². The van der Waals surface area contributed by atoms with Crippen LogP contribution in [0.3, 0.4) is 0 Å². The van der Waals surface area contributed by atoms with E-state index in [1.807, 2.05) is 19.1 Å². The van der Waals surface area contributed by atoms with Crippen LogP contribution in [0.2, 0.25) is 5.02 Å². The van der Waals surface area contributed by atoms with Crippen molar-refractivity contribution in [3.05, 3.63) is 34.9 Å². The first-order valence-corrected chi connectivity index (χ1v) is 6.01. The number of hydrogen-bond acceptors (Lipinski definition) is 3. The van der Waals surface area contributed by atoms with E-state index in [0.717, 1.165) is 16.8 Å². The van der Waals surface area contributed by atoms with E-state index in [0.29, 0.717) is 17.3 Å². The Bertz CT molecular complexity index is 561. The standard InChI is InChI=1S/C13H13ClN2O2/c1-3-11(17)18-13-8(2)12(15-16-13)9-4-6-10(14)7-5-9/h4-7H,3H2,1-2H3,(H,15,16). The van der Waals surface area contributed by atoms with Crippen molar-refractivity contribution in [1.29, 1.82) is 0 Å². The summed E-state index contributed by atoms with van der Waals surface area (Å²) in [4.78, 5) is 11.2. The van der Waals surface area contributed by atoms with Gasteiger partial charge in [-0.1, -0.05) is 30.7 Å². The van der Waals surface area contributed by atoms with E-state index in [4.69, 9.17) is 16.3 Å². The Hall–Kier alpha value is -1.81. The number of nitrogens with zero attached hydrogens (tertiary/aromatic N) is 1. The Balaban J connectivity index is 2.30. The average molecular weight is 265 g/mol. The lowest BCUT2D eigenvalue weighted by molar-refractivity contribution is -0.134. The second kappa shape index (κ2) is 5.23. The number of carbonyl (C=O) groups excluding carboxylic acids is 1. The number of ether oxygens (including phenoxy) is 1. The molecule has 0 atom stereocenters. The fourth-order valence-electron chi connectivity index (χ4n) is 1.56. The van der Waals surface area contributed by atoms with Gasteiger partial charge in [0.05, 0.1) is 5.69 Å². The lowest BCUT2D eigenvalue weighted by Gasteiger charge is -2.01. The van der Waals surface area contributed by atoms with Crippen LogP contribution in [-0.2, 0) is 4.79 Å². The Morgan fingerprint density at radius 3 is 2.67 bits per heavy atom.